The van der Waals surface area contributed by atoms with E-state index < -0.39 is 0 Å². The molecule has 1 aromatic heterocycles. The maximum Gasteiger partial charge on any atom is 0.276 e. The van der Waals surface area contributed by atoms with E-state index >= 15 is 0 Å². The van der Waals surface area contributed by atoms with Crippen LogP contribution in [0.4, 0.5) is 0 Å². The second kappa shape index (κ2) is 9.23. The second-order valence-electron chi connectivity index (χ2n) is 5.69. The number of hydrogen-bond donors (Lipinski definition) is 0. The molecule has 140 valence electrons. The van der Waals surface area contributed by atoms with E-state index in [4.69, 9.17) is 13.9 Å². The Morgan fingerprint density at radius 2 is 1.89 bits per heavy atom. The summed E-state index contributed by atoms with van der Waals surface area (Å²) in [5.74, 6) is 2.30. The Balaban J connectivity index is 1.53. The van der Waals surface area contributed by atoms with E-state index in [1.807, 2.05) is 38.1 Å². The fraction of sp³-hybridized carbons (Fsp3) is 0.250. The van der Waals surface area contributed by atoms with Crippen LogP contribution >= 0.6 is 11.8 Å². The van der Waals surface area contributed by atoms with Crippen LogP contribution in [0.3, 0.4) is 0 Å². The van der Waals surface area contributed by atoms with Crippen LogP contribution < -0.4 is 9.47 Å². The molecule has 0 spiro atoms. The van der Waals surface area contributed by atoms with Gasteiger partial charge in [0, 0.05) is 16.9 Å². The predicted molar refractivity (Wildman–Crippen MR) is 104 cm³/mol. The molecule has 2 aromatic carbocycles. The van der Waals surface area contributed by atoms with Gasteiger partial charge >= 0.3 is 0 Å². The van der Waals surface area contributed by atoms with Gasteiger partial charge in [-0.3, -0.25) is 4.79 Å². The average Bonchev–Trinajstić information content (AvgIpc) is 3.16. The number of aromatic nitrogens is 2. The van der Waals surface area contributed by atoms with Crippen LogP contribution in [0.1, 0.15) is 22.8 Å². The quantitative estimate of drug-likeness (QED) is 0.307. The summed E-state index contributed by atoms with van der Waals surface area (Å²) < 4.78 is 17.0. The molecule has 0 amide bonds. The minimum atomic E-state index is 0.438. The van der Waals surface area contributed by atoms with Crippen molar-refractivity contribution in [1.82, 2.24) is 10.2 Å². The molecule has 0 aliphatic carbocycles. The molecule has 3 aromatic rings. The van der Waals surface area contributed by atoms with Crippen molar-refractivity contribution in [3.8, 4) is 23.0 Å². The van der Waals surface area contributed by atoms with Crippen LogP contribution in [0, 0.1) is 6.92 Å². The zero-order chi connectivity index (χ0) is 19.1. The smallest absolute Gasteiger partial charge is 0.276 e. The molecule has 0 aliphatic heterocycles. The summed E-state index contributed by atoms with van der Waals surface area (Å²) in [5, 5.41) is 8.63. The topological polar surface area (TPSA) is 74.5 Å². The van der Waals surface area contributed by atoms with Crippen molar-refractivity contribution in [3.63, 3.8) is 0 Å². The van der Waals surface area contributed by atoms with Crippen molar-refractivity contribution >= 4 is 18.0 Å². The molecule has 7 heteroatoms. The SMILES string of the molecule is CCOc1cc(C=O)ccc1OCCSc1nnc(-c2ccc(C)cc2)o1. The van der Waals surface area contributed by atoms with E-state index in [1.165, 1.54) is 17.3 Å². The van der Waals surface area contributed by atoms with Crippen molar-refractivity contribution in [2.24, 2.45) is 0 Å². The first-order valence-corrected chi connectivity index (χ1v) is 9.56. The molecule has 27 heavy (non-hydrogen) atoms. The molecule has 0 atom stereocenters. The molecule has 6 nitrogen and oxygen atoms in total. The average molecular weight is 384 g/mol. The van der Waals surface area contributed by atoms with E-state index in [0.717, 1.165) is 11.8 Å². The molecule has 0 radical (unpaired) electrons. The van der Waals surface area contributed by atoms with Crippen LogP contribution in [-0.4, -0.2) is 35.5 Å². The Bertz CT molecular complexity index is 893. The van der Waals surface area contributed by atoms with Crippen molar-refractivity contribution in [2.45, 2.75) is 19.1 Å². The largest absolute Gasteiger partial charge is 0.490 e. The molecular formula is C20H20N2O4S. The number of hydrogen-bond acceptors (Lipinski definition) is 7. The third-order valence-corrected chi connectivity index (χ3v) is 4.46. The van der Waals surface area contributed by atoms with E-state index in [2.05, 4.69) is 10.2 Å². The highest BCUT2D eigenvalue weighted by molar-refractivity contribution is 7.99. The molecule has 0 saturated heterocycles. The van der Waals surface area contributed by atoms with Gasteiger partial charge in [-0.25, -0.2) is 0 Å². The third-order valence-electron chi connectivity index (χ3n) is 3.68. The van der Waals surface area contributed by atoms with E-state index in [1.54, 1.807) is 18.2 Å². The molecule has 0 bridgehead atoms. The molecule has 3 rings (SSSR count). The van der Waals surface area contributed by atoms with Crippen LogP contribution in [0.5, 0.6) is 11.5 Å². The number of aldehydes is 1. The summed E-state index contributed by atoms with van der Waals surface area (Å²) in [5.41, 5.74) is 2.63. The highest BCUT2D eigenvalue weighted by atomic mass is 32.2. The minimum Gasteiger partial charge on any atom is -0.490 e. The number of benzene rings is 2. The fourth-order valence-corrected chi connectivity index (χ4v) is 2.92. The van der Waals surface area contributed by atoms with Gasteiger partial charge in [0.1, 0.15) is 6.29 Å². The maximum absolute atomic E-state index is 10.9. The summed E-state index contributed by atoms with van der Waals surface area (Å²) in [6.45, 7) is 4.85. The standard InChI is InChI=1S/C20H20N2O4S/c1-3-24-18-12-15(13-23)6-9-17(18)25-10-11-27-20-22-21-19(26-20)16-7-4-14(2)5-8-16/h4-9,12-13H,3,10-11H2,1-2H3. The maximum atomic E-state index is 10.9. The summed E-state index contributed by atoms with van der Waals surface area (Å²) in [7, 11) is 0. The normalized spacial score (nSPS) is 10.6. The Kier molecular flexibility index (Phi) is 6.49. The van der Waals surface area contributed by atoms with Gasteiger partial charge in [-0.15, -0.1) is 10.2 Å². The molecule has 0 aliphatic rings. The summed E-state index contributed by atoms with van der Waals surface area (Å²) >= 11 is 1.42. The Labute approximate surface area is 161 Å². The number of thioether (sulfide) groups is 1. The summed E-state index contributed by atoms with van der Waals surface area (Å²) in [4.78, 5) is 10.9. The van der Waals surface area contributed by atoms with Gasteiger partial charge in [0.15, 0.2) is 11.5 Å². The van der Waals surface area contributed by atoms with Gasteiger partial charge in [0.2, 0.25) is 5.89 Å². The lowest BCUT2D eigenvalue weighted by molar-refractivity contribution is 0.112. The number of aryl methyl sites for hydroxylation is 1. The van der Waals surface area contributed by atoms with Crippen LogP contribution in [-0.2, 0) is 0 Å². The van der Waals surface area contributed by atoms with E-state index in [-0.39, 0.29) is 0 Å². The van der Waals surface area contributed by atoms with Crippen molar-refractivity contribution in [3.05, 3.63) is 53.6 Å². The zero-order valence-electron chi connectivity index (χ0n) is 15.2. The van der Waals surface area contributed by atoms with Crippen molar-refractivity contribution in [1.29, 1.82) is 0 Å². The van der Waals surface area contributed by atoms with Crippen LogP contribution in [0.2, 0.25) is 0 Å². The third kappa shape index (κ3) is 5.10. The molecule has 0 fully saturated rings. The van der Waals surface area contributed by atoms with E-state index in [9.17, 15) is 4.79 Å². The van der Waals surface area contributed by atoms with Gasteiger partial charge in [-0.2, -0.15) is 0 Å². The number of carbonyl (C=O) groups excluding carboxylic acids is 1. The zero-order valence-corrected chi connectivity index (χ0v) is 16.0. The molecule has 0 unspecified atom stereocenters. The summed E-state index contributed by atoms with van der Waals surface area (Å²) in [6, 6.07) is 13.0. The first kappa shape index (κ1) is 19.0. The lowest BCUT2D eigenvalue weighted by Crippen LogP contribution is -2.03. The highest BCUT2D eigenvalue weighted by Gasteiger charge is 2.10. The Morgan fingerprint density at radius 3 is 2.63 bits per heavy atom. The van der Waals surface area contributed by atoms with E-state index in [0.29, 0.717) is 47.1 Å². The van der Waals surface area contributed by atoms with Gasteiger partial charge in [0.05, 0.1) is 13.2 Å². The lowest BCUT2D eigenvalue weighted by Gasteiger charge is -2.11. The number of nitrogens with zero attached hydrogens (tertiary/aromatic N) is 2. The van der Waals surface area contributed by atoms with Gasteiger partial charge < -0.3 is 13.9 Å². The molecule has 0 N–H and O–H groups in total. The number of carbonyl (C=O) groups is 1. The summed E-state index contributed by atoms with van der Waals surface area (Å²) in [6.07, 6.45) is 0.781. The van der Waals surface area contributed by atoms with Crippen molar-refractivity contribution in [2.75, 3.05) is 19.0 Å². The number of rotatable bonds is 9. The monoisotopic (exact) mass is 384 g/mol. The van der Waals surface area contributed by atoms with Crippen LogP contribution in [0.25, 0.3) is 11.5 Å². The van der Waals surface area contributed by atoms with Gasteiger partial charge in [-0.1, -0.05) is 29.5 Å². The Morgan fingerprint density at radius 1 is 1.07 bits per heavy atom. The first-order chi connectivity index (χ1) is 13.2. The predicted octanol–water partition coefficient (Wildman–Crippen LogP) is 4.43. The Hall–Kier alpha value is -2.80. The van der Waals surface area contributed by atoms with Gasteiger partial charge in [-0.05, 0) is 44.2 Å². The fourth-order valence-electron chi connectivity index (χ4n) is 2.35. The number of ether oxygens (including phenoxy) is 2. The highest BCUT2D eigenvalue weighted by Crippen LogP contribution is 2.29. The van der Waals surface area contributed by atoms with Crippen molar-refractivity contribution < 1.29 is 18.7 Å². The minimum absolute atomic E-state index is 0.438. The second-order valence-corrected chi connectivity index (χ2v) is 6.74. The van der Waals surface area contributed by atoms with Crippen LogP contribution in [0.15, 0.2) is 52.1 Å². The first-order valence-electron chi connectivity index (χ1n) is 8.57. The molecule has 1 heterocycles. The lowest BCUT2D eigenvalue weighted by atomic mass is 10.1. The molecule has 0 saturated carbocycles. The molecular weight excluding hydrogens is 364 g/mol. The van der Waals surface area contributed by atoms with Gasteiger partial charge in [0.25, 0.3) is 5.22 Å².